The molecule has 1 rings (SSSR count). The molecule has 0 fully saturated rings. The minimum absolute atomic E-state index is 0. The van der Waals surface area contributed by atoms with Gasteiger partial charge in [-0.25, -0.2) is 5.20 Å². The first-order valence-corrected chi connectivity index (χ1v) is 11.4. The summed E-state index contributed by atoms with van der Waals surface area (Å²) >= 11 is 0. The van der Waals surface area contributed by atoms with Crippen LogP contribution in [0.25, 0.3) is 0 Å². The summed E-state index contributed by atoms with van der Waals surface area (Å²) in [6.07, 6.45) is 6.32. The van der Waals surface area contributed by atoms with Gasteiger partial charge in [-0.2, -0.15) is 5.57 Å². The second kappa shape index (κ2) is 12.6. The zero-order valence-electron chi connectivity index (χ0n) is 16.2. The van der Waals surface area contributed by atoms with Crippen LogP contribution in [-0.4, -0.2) is 38.2 Å². The van der Waals surface area contributed by atoms with E-state index in [1.807, 2.05) is 6.08 Å². The Hall–Kier alpha value is 0.222. The maximum absolute atomic E-state index is 5.59. The zero-order valence-corrected chi connectivity index (χ0v) is 20.5. The van der Waals surface area contributed by atoms with Crippen molar-refractivity contribution in [3.05, 3.63) is 57.0 Å². The molecule has 0 spiro atoms. The molecule has 0 aromatic rings. The minimum atomic E-state index is -2.70. The molecule has 6 heteroatoms. The van der Waals surface area contributed by atoms with Crippen LogP contribution in [-0.2, 0) is 34.3 Å². The van der Waals surface area contributed by atoms with Crippen LogP contribution in [0.5, 0.6) is 0 Å². The maximum atomic E-state index is 5.59. The summed E-state index contributed by atoms with van der Waals surface area (Å²) in [4.78, 5) is 0. The van der Waals surface area contributed by atoms with Gasteiger partial charge in [-0.1, -0.05) is 24.4 Å². The van der Waals surface area contributed by atoms with Gasteiger partial charge in [0.15, 0.2) is 0 Å². The van der Waals surface area contributed by atoms with Gasteiger partial charge < -0.3 is 35.6 Å². The van der Waals surface area contributed by atoms with E-state index in [2.05, 4.69) is 32.7 Å². The third kappa shape index (κ3) is 6.22. The number of allylic oxidation sites excluding steroid dienone is 5. The van der Waals surface area contributed by atoms with Crippen LogP contribution in [0.4, 0.5) is 0 Å². The summed E-state index contributed by atoms with van der Waals surface area (Å²) < 4.78 is 16.8. The van der Waals surface area contributed by atoms with Gasteiger partial charge in [0.25, 0.3) is 0 Å². The fraction of sp³-hybridized carbons (Fsp3) is 0.471. The van der Waals surface area contributed by atoms with Crippen molar-refractivity contribution in [2.24, 2.45) is 0 Å². The van der Waals surface area contributed by atoms with E-state index < -0.39 is 16.9 Å². The normalized spacial score (nSPS) is 13.9. The molecule has 0 N–H and O–H groups in total. The summed E-state index contributed by atoms with van der Waals surface area (Å²) in [6.45, 7) is 10.7. The minimum Gasteiger partial charge on any atom is -0.374 e. The molecule has 0 aliphatic heterocycles. The van der Waals surface area contributed by atoms with Gasteiger partial charge in [-0.15, -0.1) is 19.9 Å². The predicted octanol–water partition coefficient (Wildman–Crippen LogP) is 4.64. The fourth-order valence-corrected chi connectivity index (χ4v) is 7.67. The Bertz CT molecular complexity index is 406. The van der Waals surface area contributed by atoms with E-state index >= 15 is 0 Å². The van der Waals surface area contributed by atoms with Crippen molar-refractivity contribution in [2.45, 2.75) is 32.5 Å². The van der Waals surface area contributed by atoms with Gasteiger partial charge >= 0.3 is 29.9 Å². The fourth-order valence-electron chi connectivity index (χ4n) is 2.76. The van der Waals surface area contributed by atoms with Crippen LogP contribution in [0.1, 0.15) is 13.3 Å². The molecule has 0 atom stereocenters. The third-order valence-electron chi connectivity index (χ3n) is 3.78. The Kier molecular flexibility index (Phi) is 17.0. The monoisotopic (exact) mass is 537 g/mol. The molecule has 0 bridgehead atoms. The smallest absolute Gasteiger partial charge is 0.374 e. The topological polar surface area (TPSA) is 27.7 Å². The molecule has 0 amide bonds. The van der Waals surface area contributed by atoms with Gasteiger partial charge in [-0.05, 0) is 6.04 Å². The molecule has 0 saturated heterocycles. The van der Waals surface area contributed by atoms with Gasteiger partial charge in [0.2, 0.25) is 0 Å². The van der Waals surface area contributed by atoms with Crippen LogP contribution in [0.3, 0.4) is 0 Å². The van der Waals surface area contributed by atoms with Crippen LogP contribution < -0.4 is 0 Å². The zero-order chi connectivity index (χ0) is 14.7. The molecule has 1 aliphatic carbocycles. The van der Waals surface area contributed by atoms with Crippen molar-refractivity contribution < 1.29 is 34.3 Å². The summed E-state index contributed by atoms with van der Waals surface area (Å²) in [5, 5.41) is 2.52. The van der Waals surface area contributed by atoms with Gasteiger partial charge in [0.05, 0.1) is 0 Å². The summed E-state index contributed by atoms with van der Waals surface area (Å²) in [5.74, 6) is 0. The van der Waals surface area contributed by atoms with Gasteiger partial charge in [0.1, 0.15) is 0 Å². The Morgan fingerprint density at radius 2 is 1.52 bits per heavy atom. The number of hydrogen-bond donors (Lipinski definition) is 0. The second-order valence-electron chi connectivity index (χ2n) is 5.38. The van der Waals surface area contributed by atoms with Crippen molar-refractivity contribution in [3.63, 3.8) is 0 Å². The second-order valence-corrected chi connectivity index (χ2v) is 13.0. The molecule has 1 aliphatic rings. The first-order valence-electron chi connectivity index (χ1n) is 6.46. The average Bonchev–Trinajstić information content (AvgIpc) is 2.76. The van der Waals surface area contributed by atoms with Crippen LogP contribution in [0, 0.1) is 28.4 Å². The largest absolute Gasteiger partial charge is 4.00 e. The van der Waals surface area contributed by atoms with Crippen molar-refractivity contribution in [2.75, 3.05) is 21.3 Å². The average molecular weight is 538 g/mol. The molecular formula is C17H34O3PtSi2. The van der Waals surface area contributed by atoms with Crippen molar-refractivity contribution in [1.29, 1.82) is 0 Å². The number of hydrogen-bond acceptors (Lipinski definition) is 3. The first-order chi connectivity index (χ1) is 8.88. The molecule has 0 aromatic heterocycles. The molecular weight excluding hydrogens is 503 g/mol. The van der Waals surface area contributed by atoms with Crippen molar-refractivity contribution >= 4 is 16.9 Å². The SMILES string of the molecule is C=CC[Si](C)(C)C1=[C-]CC([Si](OC)(OC)OC)=C1C.[CH3-].[CH3-].[CH3-].[Pt+4]. The van der Waals surface area contributed by atoms with Crippen LogP contribution >= 0.6 is 0 Å². The molecule has 23 heavy (non-hydrogen) atoms. The maximum Gasteiger partial charge on any atom is 4.00 e. The third-order valence-corrected chi connectivity index (χ3v) is 9.89. The molecule has 0 unspecified atom stereocenters. The van der Waals surface area contributed by atoms with Gasteiger partial charge in [-0.3, -0.25) is 6.08 Å². The van der Waals surface area contributed by atoms with E-state index in [4.69, 9.17) is 13.3 Å². The van der Waals surface area contributed by atoms with Crippen LogP contribution in [0.15, 0.2) is 28.6 Å². The number of rotatable bonds is 7. The summed E-state index contributed by atoms with van der Waals surface area (Å²) in [5.41, 5.74) is 1.26. The van der Waals surface area contributed by atoms with Crippen molar-refractivity contribution in [1.82, 2.24) is 0 Å². The Balaban J connectivity index is -0.000000451. The van der Waals surface area contributed by atoms with E-state index in [1.54, 1.807) is 21.3 Å². The quantitative estimate of drug-likeness (QED) is 0.269. The molecule has 0 saturated carbocycles. The predicted molar refractivity (Wildman–Crippen MR) is 103 cm³/mol. The van der Waals surface area contributed by atoms with E-state index in [0.29, 0.717) is 0 Å². The van der Waals surface area contributed by atoms with Crippen LogP contribution in [0.2, 0.25) is 19.1 Å². The van der Waals surface area contributed by atoms with E-state index in [1.165, 1.54) is 10.8 Å². The first kappa shape index (κ1) is 31.0. The van der Waals surface area contributed by atoms with E-state index in [0.717, 1.165) is 17.7 Å². The molecule has 0 aromatic carbocycles. The molecule has 3 nitrogen and oxygen atoms in total. The standard InChI is InChI=1S/C14H25O3Si2.3CH3.Pt/c1-8-11-18(6,7)13-9-10-14(12(13)2)19(15-3,16-4)17-5;;;;/h8H,1,10-11H2,2-7H3;3*1H3;/q4*-1;+4. The summed E-state index contributed by atoms with van der Waals surface area (Å²) in [6, 6.07) is 1.06. The Morgan fingerprint density at radius 1 is 1.09 bits per heavy atom. The molecule has 138 valence electrons. The van der Waals surface area contributed by atoms with Crippen molar-refractivity contribution in [3.8, 4) is 0 Å². The Morgan fingerprint density at radius 3 is 1.87 bits per heavy atom. The van der Waals surface area contributed by atoms with Gasteiger partial charge in [0, 0.05) is 29.4 Å². The summed E-state index contributed by atoms with van der Waals surface area (Å²) in [7, 11) is 0.764. The van der Waals surface area contributed by atoms with E-state index in [9.17, 15) is 0 Å². The molecule has 0 heterocycles. The molecule has 0 radical (unpaired) electrons. The Labute approximate surface area is 161 Å². The van der Waals surface area contributed by atoms with E-state index in [-0.39, 0.29) is 43.3 Å².